The fourth-order valence-electron chi connectivity index (χ4n) is 1.86. The number of nitro benzene ring substituents is 1. The lowest BCUT2D eigenvalue weighted by Gasteiger charge is -2.12. The van der Waals surface area contributed by atoms with Crippen molar-refractivity contribution in [2.75, 3.05) is 13.1 Å². The standard InChI is InChI=1S/C10H12FN3O4S/c11-9-5-8(14(15)16)1-2-10(9)19(17,18)13-7-3-4-12-6-7/h1-2,5,7,12-13H,3-4,6H2. The summed E-state index contributed by atoms with van der Waals surface area (Å²) in [6, 6.07) is 2.17. The minimum Gasteiger partial charge on any atom is -0.315 e. The zero-order valence-corrected chi connectivity index (χ0v) is 10.6. The van der Waals surface area contributed by atoms with Crippen LogP contribution in [0, 0.1) is 15.9 Å². The predicted octanol–water partition coefficient (Wildman–Crippen LogP) is 0.374. The molecule has 1 aromatic rings. The van der Waals surface area contributed by atoms with E-state index in [1.807, 2.05) is 0 Å². The highest BCUT2D eigenvalue weighted by molar-refractivity contribution is 7.89. The second-order valence-corrected chi connectivity index (χ2v) is 5.87. The number of hydrogen-bond donors (Lipinski definition) is 2. The van der Waals surface area contributed by atoms with Crippen LogP contribution in [0.5, 0.6) is 0 Å². The van der Waals surface area contributed by atoms with E-state index >= 15 is 0 Å². The largest absolute Gasteiger partial charge is 0.315 e. The first-order chi connectivity index (χ1) is 8.90. The molecule has 9 heteroatoms. The molecule has 7 nitrogen and oxygen atoms in total. The van der Waals surface area contributed by atoms with Crippen LogP contribution in [0.3, 0.4) is 0 Å². The first kappa shape index (κ1) is 13.8. The third kappa shape index (κ3) is 3.06. The molecular weight excluding hydrogens is 277 g/mol. The van der Waals surface area contributed by atoms with Crippen LogP contribution in [0.15, 0.2) is 23.1 Å². The van der Waals surface area contributed by atoms with Gasteiger partial charge < -0.3 is 5.32 Å². The molecule has 0 radical (unpaired) electrons. The quantitative estimate of drug-likeness (QED) is 0.616. The van der Waals surface area contributed by atoms with E-state index in [0.717, 1.165) is 12.1 Å². The Labute approximate surface area is 109 Å². The van der Waals surface area contributed by atoms with Crippen molar-refractivity contribution in [2.24, 2.45) is 0 Å². The molecule has 2 N–H and O–H groups in total. The van der Waals surface area contributed by atoms with Gasteiger partial charge in [-0.1, -0.05) is 0 Å². The fourth-order valence-corrected chi connectivity index (χ4v) is 3.19. The normalized spacial score (nSPS) is 19.5. The van der Waals surface area contributed by atoms with Crippen LogP contribution in [0.1, 0.15) is 6.42 Å². The van der Waals surface area contributed by atoms with Crippen LogP contribution in [0.2, 0.25) is 0 Å². The van der Waals surface area contributed by atoms with E-state index < -0.39 is 31.3 Å². The molecule has 0 saturated carbocycles. The minimum absolute atomic E-state index is 0.292. The summed E-state index contributed by atoms with van der Waals surface area (Å²) >= 11 is 0. The number of benzene rings is 1. The van der Waals surface area contributed by atoms with Crippen molar-refractivity contribution < 1.29 is 17.7 Å². The molecule has 0 amide bonds. The molecule has 0 aliphatic carbocycles. The summed E-state index contributed by atoms with van der Waals surface area (Å²) in [6.07, 6.45) is 0.619. The molecule has 1 atom stereocenters. The fraction of sp³-hybridized carbons (Fsp3) is 0.400. The van der Waals surface area contributed by atoms with Crippen molar-refractivity contribution in [3.8, 4) is 0 Å². The smallest absolute Gasteiger partial charge is 0.272 e. The molecule has 19 heavy (non-hydrogen) atoms. The van der Waals surface area contributed by atoms with E-state index in [4.69, 9.17) is 0 Å². The Balaban J connectivity index is 2.27. The van der Waals surface area contributed by atoms with Gasteiger partial charge >= 0.3 is 0 Å². The van der Waals surface area contributed by atoms with Crippen molar-refractivity contribution in [1.82, 2.24) is 10.0 Å². The van der Waals surface area contributed by atoms with Gasteiger partial charge in [0, 0.05) is 18.7 Å². The number of hydrogen-bond acceptors (Lipinski definition) is 5. The third-order valence-corrected chi connectivity index (χ3v) is 4.35. The predicted molar refractivity (Wildman–Crippen MR) is 64.7 cm³/mol. The molecule has 104 valence electrons. The summed E-state index contributed by atoms with van der Waals surface area (Å²) in [4.78, 5) is 9.10. The number of nitrogens with zero attached hydrogens (tertiary/aromatic N) is 1. The van der Waals surface area contributed by atoms with Crippen LogP contribution in [-0.4, -0.2) is 32.5 Å². The monoisotopic (exact) mass is 289 g/mol. The summed E-state index contributed by atoms with van der Waals surface area (Å²) in [5, 5.41) is 13.4. The first-order valence-electron chi connectivity index (χ1n) is 5.57. The van der Waals surface area contributed by atoms with Gasteiger partial charge in [-0.3, -0.25) is 10.1 Å². The van der Waals surface area contributed by atoms with E-state index in [2.05, 4.69) is 10.0 Å². The van der Waals surface area contributed by atoms with Gasteiger partial charge in [-0.05, 0) is 19.0 Å². The highest BCUT2D eigenvalue weighted by atomic mass is 32.2. The van der Waals surface area contributed by atoms with E-state index in [-0.39, 0.29) is 6.04 Å². The maximum Gasteiger partial charge on any atom is 0.272 e. The maximum absolute atomic E-state index is 13.6. The van der Waals surface area contributed by atoms with Crippen molar-refractivity contribution in [3.63, 3.8) is 0 Å². The Morgan fingerprint density at radius 3 is 2.74 bits per heavy atom. The van der Waals surface area contributed by atoms with Crippen LogP contribution in [0.25, 0.3) is 0 Å². The number of halogens is 1. The molecule has 1 aliphatic heterocycles. The molecule has 1 aliphatic rings. The molecule has 1 saturated heterocycles. The van der Waals surface area contributed by atoms with Gasteiger partial charge in [0.05, 0.1) is 11.0 Å². The zero-order valence-electron chi connectivity index (χ0n) is 9.80. The van der Waals surface area contributed by atoms with Gasteiger partial charge in [0.2, 0.25) is 10.0 Å². The first-order valence-corrected chi connectivity index (χ1v) is 7.05. The average Bonchev–Trinajstić information content (AvgIpc) is 2.80. The number of nitrogens with one attached hydrogen (secondary N) is 2. The second kappa shape index (κ2) is 5.19. The summed E-state index contributed by atoms with van der Waals surface area (Å²) in [5.41, 5.74) is -0.487. The Morgan fingerprint density at radius 1 is 1.47 bits per heavy atom. The zero-order chi connectivity index (χ0) is 14.0. The highest BCUT2D eigenvalue weighted by Crippen LogP contribution is 2.20. The van der Waals surface area contributed by atoms with Gasteiger partial charge in [0.15, 0.2) is 0 Å². The summed E-state index contributed by atoms with van der Waals surface area (Å²) in [6.45, 7) is 1.17. The molecular formula is C10H12FN3O4S. The van der Waals surface area contributed by atoms with Crippen LogP contribution in [-0.2, 0) is 10.0 Å². The minimum atomic E-state index is -4.00. The Kier molecular flexibility index (Phi) is 3.78. The lowest BCUT2D eigenvalue weighted by atomic mass is 10.3. The van der Waals surface area contributed by atoms with Gasteiger partial charge in [-0.25, -0.2) is 17.5 Å². The third-order valence-electron chi connectivity index (χ3n) is 2.80. The summed E-state index contributed by atoms with van der Waals surface area (Å²) in [5.74, 6) is -1.13. The molecule has 2 rings (SSSR count). The second-order valence-electron chi connectivity index (χ2n) is 4.18. The van der Waals surface area contributed by atoms with Crippen molar-refractivity contribution in [1.29, 1.82) is 0 Å². The lowest BCUT2D eigenvalue weighted by molar-refractivity contribution is -0.385. The van der Waals surface area contributed by atoms with Gasteiger partial charge in [0.25, 0.3) is 5.69 Å². The van der Waals surface area contributed by atoms with Crippen LogP contribution < -0.4 is 10.0 Å². The Morgan fingerprint density at radius 2 is 2.21 bits per heavy atom. The molecule has 0 spiro atoms. The number of rotatable bonds is 4. The molecule has 1 heterocycles. The maximum atomic E-state index is 13.6. The average molecular weight is 289 g/mol. The summed E-state index contributed by atoms with van der Waals surface area (Å²) in [7, 11) is -4.00. The summed E-state index contributed by atoms with van der Waals surface area (Å²) < 4.78 is 39.9. The van der Waals surface area contributed by atoms with Crippen molar-refractivity contribution >= 4 is 15.7 Å². The number of sulfonamides is 1. The molecule has 1 unspecified atom stereocenters. The van der Waals surface area contributed by atoms with E-state index in [1.54, 1.807) is 0 Å². The van der Waals surface area contributed by atoms with Gasteiger partial charge in [-0.15, -0.1) is 0 Å². The molecule has 1 fully saturated rings. The molecule has 0 aromatic heterocycles. The van der Waals surface area contributed by atoms with E-state index in [0.29, 0.717) is 25.6 Å². The van der Waals surface area contributed by atoms with Crippen molar-refractivity contribution in [2.45, 2.75) is 17.4 Å². The van der Waals surface area contributed by atoms with Gasteiger partial charge in [0.1, 0.15) is 10.7 Å². The van der Waals surface area contributed by atoms with Crippen LogP contribution in [0.4, 0.5) is 10.1 Å². The van der Waals surface area contributed by atoms with E-state index in [1.165, 1.54) is 0 Å². The SMILES string of the molecule is O=[N+]([O-])c1ccc(S(=O)(=O)NC2CCNC2)c(F)c1. The van der Waals surface area contributed by atoms with E-state index in [9.17, 15) is 22.9 Å². The molecule has 1 aromatic carbocycles. The number of non-ortho nitro benzene ring substituents is 1. The topological polar surface area (TPSA) is 101 Å². The molecule has 0 bridgehead atoms. The Hall–Kier alpha value is -1.58. The highest BCUT2D eigenvalue weighted by Gasteiger charge is 2.26. The lowest BCUT2D eigenvalue weighted by Crippen LogP contribution is -2.36. The van der Waals surface area contributed by atoms with Crippen LogP contribution >= 0.6 is 0 Å². The van der Waals surface area contributed by atoms with Crippen molar-refractivity contribution in [3.05, 3.63) is 34.1 Å². The number of nitro groups is 1. The Bertz CT molecular complexity index is 599. The van der Waals surface area contributed by atoms with Gasteiger partial charge in [-0.2, -0.15) is 0 Å².